The van der Waals surface area contributed by atoms with E-state index in [9.17, 15) is 9.59 Å². The van der Waals surface area contributed by atoms with Crippen LogP contribution in [0.2, 0.25) is 0 Å². The van der Waals surface area contributed by atoms with E-state index in [1.807, 2.05) is 6.07 Å². The third-order valence-corrected chi connectivity index (χ3v) is 2.33. The molecule has 0 aliphatic heterocycles. The quantitative estimate of drug-likeness (QED) is 0.679. The first-order valence-corrected chi connectivity index (χ1v) is 5.87. The minimum atomic E-state index is -0.441. The molecule has 0 aliphatic rings. The topological polar surface area (TPSA) is 78.4 Å². The molecule has 1 aromatic rings. The molecule has 18 heavy (non-hydrogen) atoms. The van der Waals surface area contributed by atoms with Gasteiger partial charge in [0, 0.05) is 12.1 Å². The van der Waals surface area contributed by atoms with E-state index in [2.05, 4.69) is 10.6 Å². The van der Waals surface area contributed by atoms with Crippen molar-refractivity contribution in [2.45, 2.75) is 19.4 Å². The molecule has 1 aromatic carbocycles. The van der Waals surface area contributed by atoms with Gasteiger partial charge in [0.05, 0.1) is 12.6 Å². The second-order valence-electron chi connectivity index (χ2n) is 4.04. The molecule has 0 fully saturated rings. The number of carbonyl (C=O) groups is 2. The van der Waals surface area contributed by atoms with Crippen LogP contribution >= 0.6 is 0 Å². The van der Waals surface area contributed by atoms with Crippen LogP contribution < -0.4 is 10.6 Å². The number of carbonyl (C=O) groups excluding carboxylic acids is 2. The lowest BCUT2D eigenvalue weighted by atomic mass is 10.2. The third-order valence-electron chi connectivity index (χ3n) is 2.33. The zero-order valence-electron chi connectivity index (χ0n) is 10.3. The second-order valence-corrected chi connectivity index (χ2v) is 4.04. The van der Waals surface area contributed by atoms with Gasteiger partial charge in [-0.25, -0.2) is 0 Å². The van der Waals surface area contributed by atoms with Gasteiger partial charge in [-0.1, -0.05) is 18.2 Å². The fourth-order valence-corrected chi connectivity index (χ4v) is 1.34. The van der Waals surface area contributed by atoms with E-state index >= 15 is 0 Å². The summed E-state index contributed by atoms with van der Waals surface area (Å²) in [7, 11) is 0. The Labute approximate surface area is 106 Å². The number of rotatable bonds is 6. The lowest BCUT2D eigenvalue weighted by Crippen LogP contribution is -2.37. The van der Waals surface area contributed by atoms with Crippen LogP contribution in [0, 0.1) is 0 Å². The van der Waals surface area contributed by atoms with Gasteiger partial charge in [-0.15, -0.1) is 0 Å². The van der Waals surface area contributed by atoms with E-state index in [1.165, 1.54) is 0 Å². The molecule has 0 heterocycles. The standard InChI is InChI=1S/C13H18N2O3/c1-10(16)7-8-14-12(17)9-15-13(18)11-5-3-2-4-6-11/h2-6,10,16H,7-9H2,1H3,(H,14,17)(H,15,18). The Morgan fingerprint density at radius 3 is 2.50 bits per heavy atom. The minimum absolute atomic E-state index is 0.0620. The van der Waals surface area contributed by atoms with Crippen LogP contribution in [0.25, 0.3) is 0 Å². The van der Waals surface area contributed by atoms with Crippen molar-refractivity contribution in [1.29, 1.82) is 0 Å². The van der Waals surface area contributed by atoms with Crippen molar-refractivity contribution in [3.8, 4) is 0 Å². The molecule has 0 aromatic heterocycles. The molecule has 0 bridgehead atoms. The Bertz CT molecular complexity index is 390. The number of aliphatic hydroxyl groups is 1. The van der Waals surface area contributed by atoms with Crippen LogP contribution in [0.1, 0.15) is 23.7 Å². The molecule has 5 heteroatoms. The van der Waals surface area contributed by atoms with Crippen molar-refractivity contribution < 1.29 is 14.7 Å². The summed E-state index contributed by atoms with van der Waals surface area (Å²) >= 11 is 0. The van der Waals surface area contributed by atoms with Crippen molar-refractivity contribution in [2.75, 3.05) is 13.1 Å². The van der Waals surface area contributed by atoms with Crippen LogP contribution in [0.15, 0.2) is 30.3 Å². The molecule has 5 nitrogen and oxygen atoms in total. The summed E-state index contributed by atoms with van der Waals surface area (Å²) in [6.45, 7) is 1.99. The number of nitrogens with one attached hydrogen (secondary N) is 2. The molecule has 1 unspecified atom stereocenters. The fraction of sp³-hybridized carbons (Fsp3) is 0.385. The predicted octanol–water partition coefficient (Wildman–Crippen LogP) is 0.303. The predicted molar refractivity (Wildman–Crippen MR) is 68.1 cm³/mol. The number of hydrogen-bond donors (Lipinski definition) is 3. The van der Waals surface area contributed by atoms with E-state index in [0.717, 1.165) is 0 Å². The number of benzene rings is 1. The average molecular weight is 250 g/mol. The summed E-state index contributed by atoms with van der Waals surface area (Å²) in [4.78, 5) is 23.0. The Balaban J connectivity index is 2.24. The van der Waals surface area contributed by atoms with Gasteiger partial charge >= 0.3 is 0 Å². The largest absolute Gasteiger partial charge is 0.393 e. The van der Waals surface area contributed by atoms with Gasteiger partial charge in [0.1, 0.15) is 0 Å². The Morgan fingerprint density at radius 1 is 1.22 bits per heavy atom. The smallest absolute Gasteiger partial charge is 0.251 e. The van der Waals surface area contributed by atoms with Gasteiger partial charge in [0.2, 0.25) is 5.91 Å². The highest BCUT2D eigenvalue weighted by atomic mass is 16.3. The maximum absolute atomic E-state index is 11.6. The second kappa shape index (κ2) is 7.45. The van der Waals surface area contributed by atoms with Gasteiger partial charge in [-0.3, -0.25) is 9.59 Å². The van der Waals surface area contributed by atoms with E-state index in [-0.39, 0.29) is 18.4 Å². The van der Waals surface area contributed by atoms with E-state index < -0.39 is 6.10 Å². The highest BCUT2D eigenvalue weighted by Crippen LogP contribution is 1.97. The van der Waals surface area contributed by atoms with Crippen LogP contribution in [-0.4, -0.2) is 36.1 Å². The molecular weight excluding hydrogens is 232 g/mol. The third kappa shape index (κ3) is 5.45. The van der Waals surface area contributed by atoms with Gasteiger partial charge < -0.3 is 15.7 Å². The lowest BCUT2D eigenvalue weighted by molar-refractivity contribution is -0.120. The first-order chi connectivity index (χ1) is 8.59. The molecule has 98 valence electrons. The monoisotopic (exact) mass is 250 g/mol. The zero-order chi connectivity index (χ0) is 13.4. The molecule has 0 radical (unpaired) electrons. The number of aliphatic hydroxyl groups excluding tert-OH is 1. The summed E-state index contributed by atoms with van der Waals surface area (Å²) in [5.74, 6) is -0.541. The normalized spacial score (nSPS) is 11.7. The summed E-state index contributed by atoms with van der Waals surface area (Å²) in [5.41, 5.74) is 0.522. The van der Waals surface area contributed by atoms with Crippen molar-refractivity contribution in [2.24, 2.45) is 0 Å². The number of amides is 2. The van der Waals surface area contributed by atoms with Crippen LogP contribution in [0.5, 0.6) is 0 Å². The van der Waals surface area contributed by atoms with Crippen LogP contribution in [0.3, 0.4) is 0 Å². The molecule has 0 aliphatic carbocycles. The lowest BCUT2D eigenvalue weighted by Gasteiger charge is -2.08. The summed E-state index contributed by atoms with van der Waals surface area (Å²) in [6.07, 6.45) is 0.0578. The highest BCUT2D eigenvalue weighted by Gasteiger charge is 2.07. The molecule has 2 amide bonds. The highest BCUT2D eigenvalue weighted by molar-refractivity contribution is 5.96. The maximum Gasteiger partial charge on any atom is 0.251 e. The fourth-order valence-electron chi connectivity index (χ4n) is 1.34. The zero-order valence-corrected chi connectivity index (χ0v) is 10.3. The molecule has 1 rings (SSSR count). The van der Waals surface area contributed by atoms with Gasteiger partial charge in [0.25, 0.3) is 5.91 Å². The SMILES string of the molecule is CC(O)CCNC(=O)CNC(=O)c1ccccc1. The van der Waals surface area contributed by atoms with Gasteiger partial charge in [-0.05, 0) is 25.5 Å². The Kier molecular flexibility index (Phi) is 5.87. The van der Waals surface area contributed by atoms with Crippen molar-refractivity contribution in [1.82, 2.24) is 10.6 Å². The van der Waals surface area contributed by atoms with Crippen LogP contribution in [0.4, 0.5) is 0 Å². The summed E-state index contributed by atoms with van der Waals surface area (Å²) in [5, 5.41) is 14.1. The van der Waals surface area contributed by atoms with Crippen molar-refractivity contribution in [3.05, 3.63) is 35.9 Å². The molecule has 3 N–H and O–H groups in total. The van der Waals surface area contributed by atoms with Crippen molar-refractivity contribution in [3.63, 3.8) is 0 Å². The first kappa shape index (κ1) is 14.2. The van der Waals surface area contributed by atoms with Gasteiger partial charge in [0.15, 0.2) is 0 Å². The molecule has 0 spiro atoms. The molecule has 1 atom stereocenters. The molecule has 0 saturated carbocycles. The maximum atomic E-state index is 11.6. The average Bonchev–Trinajstić information content (AvgIpc) is 2.36. The Morgan fingerprint density at radius 2 is 1.89 bits per heavy atom. The van der Waals surface area contributed by atoms with Crippen molar-refractivity contribution >= 4 is 11.8 Å². The summed E-state index contributed by atoms with van der Waals surface area (Å²) in [6, 6.07) is 8.70. The van der Waals surface area contributed by atoms with E-state index in [4.69, 9.17) is 5.11 Å². The minimum Gasteiger partial charge on any atom is -0.393 e. The first-order valence-electron chi connectivity index (χ1n) is 5.87. The van der Waals surface area contributed by atoms with E-state index in [1.54, 1.807) is 31.2 Å². The van der Waals surface area contributed by atoms with Crippen LogP contribution in [-0.2, 0) is 4.79 Å². The molecular formula is C13H18N2O3. The Hall–Kier alpha value is -1.88. The summed E-state index contributed by atoms with van der Waals surface area (Å²) < 4.78 is 0. The van der Waals surface area contributed by atoms with E-state index in [0.29, 0.717) is 18.5 Å². The molecule has 0 saturated heterocycles. The van der Waals surface area contributed by atoms with Gasteiger partial charge in [-0.2, -0.15) is 0 Å². The number of hydrogen-bond acceptors (Lipinski definition) is 3.